The third-order valence-corrected chi connectivity index (χ3v) is 3.13. The number of aromatic nitrogens is 2. The largest absolute Gasteiger partial charge is 0.336 e. The Kier molecular flexibility index (Phi) is 4.17. The van der Waals surface area contributed by atoms with E-state index < -0.39 is 0 Å². The van der Waals surface area contributed by atoms with Gasteiger partial charge in [0.05, 0.1) is 5.69 Å². The molecule has 0 aliphatic rings. The van der Waals surface area contributed by atoms with Crippen molar-refractivity contribution in [2.24, 2.45) is 0 Å². The van der Waals surface area contributed by atoms with Crippen LogP contribution in [0.2, 0.25) is 0 Å². The van der Waals surface area contributed by atoms with E-state index >= 15 is 0 Å². The molecule has 0 aliphatic heterocycles. The molecule has 0 radical (unpaired) electrons. The molecule has 1 amide bonds. The highest BCUT2D eigenvalue weighted by molar-refractivity contribution is 5.92. The number of nitrogens with zero attached hydrogens (tertiary/aromatic N) is 3. The van der Waals surface area contributed by atoms with Gasteiger partial charge in [-0.2, -0.15) is 5.10 Å². The summed E-state index contributed by atoms with van der Waals surface area (Å²) in [6.07, 6.45) is 0. The summed E-state index contributed by atoms with van der Waals surface area (Å²) in [6, 6.07) is 8.23. The van der Waals surface area contributed by atoms with E-state index in [2.05, 4.69) is 5.10 Å². The molecule has 0 saturated carbocycles. The summed E-state index contributed by atoms with van der Waals surface area (Å²) in [5.41, 5.74) is 1.83. The predicted octanol–water partition coefficient (Wildman–Crippen LogP) is 2.62. The number of carbonyl (C=O) groups is 1. The molecule has 2 aromatic rings. The zero-order valence-corrected chi connectivity index (χ0v) is 11.9. The molecule has 0 N–H and O–H groups in total. The molecule has 0 spiro atoms. The van der Waals surface area contributed by atoms with E-state index in [0.717, 1.165) is 5.69 Å². The van der Waals surface area contributed by atoms with Crippen molar-refractivity contribution in [3.8, 4) is 0 Å². The average Bonchev–Trinajstić information content (AvgIpc) is 2.81. The number of hydrogen-bond donors (Lipinski definition) is 0. The van der Waals surface area contributed by atoms with Crippen LogP contribution in [-0.2, 0) is 13.1 Å². The first-order valence-corrected chi connectivity index (χ1v) is 6.56. The lowest BCUT2D eigenvalue weighted by Gasteiger charge is -2.18. The highest BCUT2D eigenvalue weighted by Crippen LogP contribution is 2.12. The van der Waals surface area contributed by atoms with E-state index in [4.69, 9.17) is 0 Å². The summed E-state index contributed by atoms with van der Waals surface area (Å²) in [7, 11) is 1.66. The number of hydrogen-bond acceptors (Lipinski definition) is 2. The Morgan fingerprint density at radius 3 is 2.75 bits per heavy atom. The van der Waals surface area contributed by atoms with Crippen LogP contribution in [0, 0.1) is 12.7 Å². The molecule has 0 bridgehead atoms. The van der Waals surface area contributed by atoms with E-state index in [-0.39, 0.29) is 18.3 Å². The highest BCUT2D eigenvalue weighted by Gasteiger charge is 2.18. The van der Waals surface area contributed by atoms with Gasteiger partial charge in [-0.15, -0.1) is 0 Å². The Bertz CT molecular complexity index is 621. The van der Waals surface area contributed by atoms with Gasteiger partial charge in [0.1, 0.15) is 11.5 Å². The minimum atomic E-state index is -0.299. The summed E-state index contributed by atoms with van der Waals surface area (Å²) >= 11 is 0. The van der Waals surface area contributed by atoms with Crippen molar-refractivity contribution in [3.05, 3.63) is 53.1 Å². The van der Waals surface area contributed by atoms with Crippen LogP contribution in [0.3, 0.4) is 0 Å². The van der Waals surface area contributed by atoms with Gasteiger partial charge in [0.15, 0.2) is 0 Å². The van der Waals surface area contributed by atoms with E-state index in [1.165, 1.54) is 11.0 Å². The van der Waals surface area contributed by atoms with Gasteiger partial charge in [-0.3, -0.25) is 9.48 Å². The summed E-state index contributed by atoms with van der Waals surface area (Å²) < 4.78 is 15.3. The Hall–Kier alpha value is -2.17. The lowest BCUT2D eigenvalue weighted by molar-refractivity contribution is 0.0771. The molecule has 0 atom stereocenters. The second-order valence-electron chi connectivity index (χ2n) is 4.74. The molecule has 0 aliphatic carbocycles. The molecule has 4 nitrogen and oxygen atoms in total. The standard InChI is InChI=1S/C15H18FN3O/c1-4-19-14(9-11(2)17-19)15(20)18(3)10-12-7-5-6-8-13(12)16/h5-9H,4,10H2,1-3H3. The molecule has 1 heterocycles. The molecule has 1 aromatic heterocycles. The fraction of sp³-hybridized carbons (Fsp3) is 0.333. The number of rotatable bonds is 4. The Morgan fingerprint density at radius 2 is 2.10 bits per heavy atom. The van der Waals surface area contributed by atoms with Crippen molar-refractivity contribution in [2.75, 3.05) is 7.05 Å². The summed E-state index contributed by atoms with van der Waals surface area (Å²) in [6.45, 7) is 4.64. The maximum Gasteiger partial charge on any atom is 0.272 e. The first-order chi connectivity index (χ1) is 9.52. The smallest absolute Gasteiger partial charge is 0.272 e. The normalized spacial score (nSPS) is 10.6. The topological polar surface area (TPSA) is 38.1 Å². The van der Waals surface area contributed by atoms with Crippen molar-refractivity contribution >= 4 is 5.91 Å². The fourth-order valence-electron chi connectivity index (χ4n) is 2.11. The number of aryl methyl sites for hydroxylation is 2. The summed E-state index contributed by atoms with van der Waals surface area (Å²) in [4.78, 5) is 13.9. The number of benzene rings is 1. The van der Waals surface area contributed by atoms with Gasteiger partial charge in [0.25, 0.3) is 5.91 Å². The second kappa shape index (κ2) is 5.86. The molecule has 1 aromatic carbocycles. The molecule has 0 saturated heterocycles. The Morgan fingerprint density at radius 1 is 1.40 bits per heavy atom. The van der Waals surface area contributed by atoms with Crippen molar-refractivity contribution in [2.45, 2.75) is 26.9 Å². The molecular formula is C15H18FN3O. The van der Waals surface area contributed by atoms with Crippen LogP contribution >= 0.6 is 0 Å². The predicted molar refractivity (Wildman–Crippen MR) is 74.8 cm³/mol. The third-order valence-electron chi connectivity index (χ3n) is 3.13. The van der Waals surface area contributed by atoms with Crippen LogP contribution < -0.4 is 0 Å². The molecular weight excluding hydrogens is 257 g/mol. The van der Waals surface area contributed by atoms with Crippen molar-refractivity contribution < 1.29 is 9.18 Å². The molecule has 0 unspecified atom stereocenters. The van der Waals surface area contributed by atoms with E-state index in [1.807, 2.05) is 13.8 Å². The van der Waals surface area contributed by atoms with Crippen LogP contribution in [0.15, 0.2) is 30.3 Å². The van der Waals surface area contributed by atoms with Crippen LogP contribution in [-0.4, -0.2) is 27.6 Å². The lowest BCUT2D eigenvalue weighted by atomic mass is 10.2. The zero-order chi connectivity index (χ0) is 14.7. The van der Waals surface area contributed by atoms with Crippen molar-refractivity contribution in [1.29, 1.82) is 0 Å². The van der Waals surface area contributed by atoms with E-state index in [1.54, 1.807) is 36.0 Å². The molecule has 106 valence electrons. The van der Waals surface area contributed by atoms with E-state index in [9.17, 15) is 9.18 Å². The minimum absolute atomic E-state index is 0.157. The molecule has 2 rings (SSSR count). The quantitative estimate of drug-likeness (QED) is 0.860. The van der Waals surface area contributed by atoms with Gasteiger partial charge >= 0.3 is 0 Å². The number of halogens is 1. The Balaban J connectivity index is 2.18. The molecule has 5 heteroatoms. The first kappa shape index (κ1) is 14.2. The monoisotopic (exact) mass is 275 g/mol. The Labute approximate surface area is 117 Å². The molecule has 20 heavy (non-hydrogen) atoms. The van der Waals surface area contributed by atoms with Gasteiger partial charge in [0.2, 0.25) is 0 Å². The second-order valence-corrected chi connectivity index (χ2v) is 4.74. The van der Waals surface area contributed by atoms with Crippen molar-refractivity contribution in [1.82, 2.24) is 14.7 Å². The van der Waals surface area contributed by atoms with Gasteiger partial charge in [-0.05, 0) is 26.0 Å². The maximum atomic E-state index is 13.6. The van der Waals surface area contributed by atoms with Crippen molar-refractivity contribution in [3.63, 3.8) is 0 Å². The summed E-state index contributed by atoms with van der Waals surface area (Å²) in [5.74, 6) is -0.456. The third kappa shape index (κ3) is 2.87. The first-order valence-electron chi connectivity index (χ1n) is 6.56. The fourth-order valence-corrected chi connectivity index (χ4v) is 2.11. The summed E-state index contributed by atoms with van der Waals surface area (Å²) in [5, 5.41) is 4.25. The average molecular weight is 275 g/mol. The van der Waals surface area contributed by atoms with Crippen LogP contribution in [0.1, 0.15) is 28.7 Å². The van der Waals surface area contributed by atoms with Crippen LogP contribution in [0.25, 0.3) is 0 Å². The molecule has 0 fully saturated rings. The number of carbonyl (C=O) groups excluding carboxylic acids is 1. The zero-order valence-electron chi connectivity index (χ0n) is 11.9. The van der Waals surface area contributed by atoms with E-state index in [0.29, 0.717) is 17.8 Å². The van der Waals surface area contributed by atoms with Gasteiger partial charge in [-0.25, -0.2) is 4.39 Å². The maximum absolute atomic E-state index is 13.6. The SMILES string of the molecule is CCn1nc(C)cc1C(=O)N(C)Cc1ccccc1F. The minimum Gasteiger partial charge on any atom is -0.336 e. The van der Waals surface area contributed by atoms with Gasteiger partial charge in [0, 0.05) is 25.7 Å². The van der Waals surface area contributed by atoms with Crippen LogP contribution in [0.4, 0.5) is 4.39 Å². The highest BCUT2D eigenvalue weighted by atomic mass is 19.1. The van der Waals surface area contributed by atoms with Crippen LogP contribution in [0.5, 0.6) is 0 Å². The number of amides is 1. The van der Waals surface area contributed by atoms with Gasteiger partial charge in [-0.1, -0.05) is 18.2 Å². The lowest BCUT2D eigenvalue weighted by Crippen LogP contribution is -2.28. The van der Waals surface area contributed by atoms with Gasteiger partial charge < -0.3 is 4.90 Å².